The lowest BCUT2D eigenvalue weighted by atomic mass is 10.3. The zero-order chi connectivity index (χ0) is 9.68. The van der Waals surface area contributed by atoms with Gasteiger partial charge in [-0.2, -0.15) is 0 Å². The molecule has 4 heteroatoms. The molecule has 4 nitrogen and oxygen atoms in total. The molecule has 0 saturated carbocycles. The second kappa shape index (κ2) is 4.45. The summed E-state index contributed by atoms with van der Waals surface area (Å²) in [4.78, 5) is 15.0. The Morgan fingerprint density at radius 1 is 1.62 bits per heavy atom. The molecule has 0 atom stereocenters. The number of nitrogens with zero attached hydrogens (tertiary/aromatic N) is 1. The molecule has 0 aliphatic carbocycles. The average Bonchev–Trinajstić information content (AvgIpc) is 2.18. The first kappa shape index (κ1) is 9.51. The van der Waals surface area contributed by atoms with Crippen molar-refractivity contribution in [3.8, 4) is 5.75 Å². The summed E-state index contributed by atoms with van der Waals surface area (Å²) in [5, 5.41) is 0. The van der Waals surface area contributed by atoms with Crippen LogP contribution in [0.25, 0.3) is 0 Å². The second-order valence-corrected chi connectivity index (χ2v) is 2.30. The van der Waals surface area contributed by atoms with Crippen LogP contribution in [0.15, 0.2) is 18.3 Å². The molecule has 0 unspecified atom stereocenters. The van der Waals surface area contributed by atoms with Gasteiger partial charge in [0.25, 0.3) is 0 Å². The van der Waals surface area contributed by atoms with Gasteiger partial charge in [0.05, 0.1) is 13.7 Å². The summed E-state index contributed by atoms with van der Waals surface area (Å²) in [6, 6.07) is 3.21. The molecule has 0 bridgehead atoms. The third-order valence-electron chi connectivity index (χ3n) is 1.45. The van der Waals surface area contributed by atoms with Crippen LogP contribution in [0.2, 0.25) is 0 Å². The van der Waals surface area contributed by atoms with Gasteiger partial charge in [-0.25, -0.2) is 9.78 Å². The van der Waals surface area contributed by atoms with E-state index in [4.69, 9.17) is 9.47 Å². The van der Waals surface area contributed by atoms with Crippen LogP contribution < -0.4 is 4.74 Å². The lowest BCUT2D eigenvalue weighted by Gasteiger charge is -2.02. The Bertz CT molecular complexity index is 299. The third kappa shape index (κ3) is 2.43. The summed E-state index contributed by atoms with van der Waals surface area (Å²) in [7, 11) is 1.53. The van der Waals surface area contributed by atoms with Crippen molar-refractivity contribution in [2.24, 2.45) is 0 Å². The average molecular weight is 181 g/mol. The van der Waals surface area contributed by atoms with Crippen LogP contribution in [0, 0.1) is 0 Å². The maximum Gasteiger partial charge on any atom is 0.357 e. The maximum absolute atomic E-state index is 11.2. The fraction of sp³-hybridized carbons (Fsp3) is 0.333. The second-order valence-electron chi connectivity index (χ2n) is 2.30. The molecule has 0 aliphatic heterocycles. The van der Waals surface area contributed by atoms with Gasteiger partial charge in [-0.05, 0) is 13.0 Å². The molecule has 1 aromatic rings. The Morgan fingerprint density at radius 3 is 3.00 bits per heavy atom. The van der Waals surface area contributed by atoms with Crippen LogP contribution in [0.1, 0.15) is 17.4 Å². The molecular weight excluding hydrogens is 170 g/mol. The van der Waals surface area contributed by atoms with Gasteiger partial charge in [-0.3, -0.25) is 0 Å². The number of carbonyl (C=O) groups is 1. The minimum Gasteiger partial charge on any atom is -0.497 e. The number of rotatable bonds is 3. The van der Waals surface area contributed by atoms with E-state index < -0.39 is 5.97 Å². The first-order valence-electron chi connectivity index (χ1n) is 3.95. The van der Waals surface area contributed by atoms with Gasteiger partial charge in [0, 0.05) is 12.3 Å². The van der Waals surface area contributed by atoms with E-state index in [0.29, 0.717) is 12.4 Å². The van der Waals surface area contributed by atoms with E-state index in [1.54, 1.807) is 13.0 Å². The van der Waals surface area contributed by atoms with Crippen LogP contribution in [-0.2, 0) is 4.74 Å². The molecule has 0 spiro atoms. The molecule has 0 aromatic carbocycles. The van der Waals surface area contributed by atoms with Crippen LogP contribution in [0.3, 0.4) is 0 Å². The molecule has 0 N–H and O–H groups in total. The maximum atomic E-state index is 11.2. The Hall–Kier alpha value is -1.58. The monoisotopic (exact) mass is 181 g/mol. The van der Waals surface area contributed by atoms with E-state index in [1.807, 2.05) is 0 Å². The van der Waals surface area contributed by atoms with Crippen molar-refractivity contribution in [3.63, 3.8) is 0 Å². The first-order chi connectivity index (χ1) is 6.27. The molecule has 1 rings (SSSR count). The number of ether oxygens (including phenoxy) is 2. The Kier molecular flexibility index (Phi) is 3.25. The fourth-order valence-electron chi connectivity index (χ4n) is 0.855. The van der Waals surface area contributed by atoms with E-state index in [-0.39, 0.29) is 5.69 Å². The summed E-state index contributed by atoms with van der Waals surface area (Å²) < 4.78 is 9.71. The highest BCUT2D eigenvalue weighted by molar-refractivity contribution is 5.87. The molecule has 13 heavy (non-hydrogen) atoms. The van der Waals surface area contributed by atoms with E-state index in [2.05, 4.69) is 4.98 Å². The summed E-state index contributed by atoms with van der Waals surface area (Å²) in [6.07, 6.45) is 1.51. The zero-order valence-electron chi connectivity index (χ0n) is 7.61. The van der Waals surface area contributed by atoms with Gasteiger partial charge in [0.15, 0.2) is 5.69 Å². The van der Waals surface area contributed by atoms with Crippen molar-refractivity contribution < 1.29 is 14.3 Å². The van der Waals surface area contributed by atoms with Gasteiger partial charge < -0.3 is 9.47 Å². The van der Waals surface area contributed by atoms with E-state index >= 15 is 0 Å². The van der Waals surface area contributed by atoms with Crippen molar-refractivity contribution in [1.29, 1.82) is 0 Å². The lowest BCUT2D eigenvalue weighted by molar-refractivity contribution is 0.0519. The number of pyridine rings is 1. The van der Waals surface area contributed by atoms with Gasteiger partial charge in [0.1, 0.15) is 5.75 Å². The topological polar surface area (TPSA) is 48.4 Å². The summed E-state index contributed by atoms with van der Waals surface area (Å²) >= 11 is 0. The Morgan fingerprint density at radius 2 is 2.38 bits per heavy atom. The molecule has 1 aromatic heterocycles. The number of hydrogen-bond donors (Lipinski definition) is 0. The highest BCUT2D eigenvalue weighted by atomic mass is 16.5. The summed E-state index contributed by atoms with van der Waals surface area (Å²) in [5.74, 6) is 0.166. The lowest BCUT2D eigenvalue weighted by Crippen LogP contribution is -2.06. The highest BCUT2D eigenvalue weighted by Crippen LogP contribution is 2.10. The van der Waals surface area contributed by atoms with Crippen LogP contribution >= 0.6 is 0 Å². The molecule has 1 heterocycles. The molecule has 0 amide bonds. The number of hydrogen-bond acceptors (Lipinski definition) is 4. The van der Waals surface area contributed by atoms with Crippen molar-refractivity contribution in [2.75, 3.05) is 13.7 Å². The number of esters is 1. The molecule has 0 fully saturated rings. The molecule has 0 aliphatic rings. The van der Waals surface area contributed by atoms with Gasteiger partial charge in [0.2, 0.25) is 0 Å². The summed E-state index contributed by atoms with van der Waals surface area (Å²) in [6.45, 7) is 2.09. The van der Waals surface area contributed by atoms with Gasteiger partial charge >= 0.3 is 5.97 Å². The third-order valence-corrected chi connectivity index (χ3v) is 1.45. The van der Waals surface area contributed by atoms with Crippen molar-refractivity contribution in [2.45, 2.75) is 6.92 Å². The fourth-order valence-corrected chi connectivity index (χ4v) is 0.855. The number of aromatic nitrogens is 1. The minimum atomic E-state index is -0.429. The highest BCUT2D eigenvalue weighted by Gasteiger charge is 2.07. The molecule has 0 radical (unpaired) electrons. The van der Waals surface area contributed by atoms with Crippen LogP contribution in [-0.4, -0.2) is 24.7 Å². The van der Waals surface area contributed by atoms with E-state index in [0.717, 1.165) is 0 Å². The van der Waals surface area contributed by atoms with Gasteiger partial charge in [-0.15, -0.1) is 0 Å². The van der Waals surface area contributed by atoms with Crippen molar-refractivity contribution in [1.82, 2.24) is 4.98 Å². The zero-order valence-corrected chi connectivity index (χ0v) is 7.61. The van der Waals surface area contributed by atoms with Crippen LogP contribution in [0.5, 0.6) is 5.75 Å². The molecular formula is C9H11NO3. The Balaban J connectivity index is 2.82. The van der Waals surface area contributed by atoms with E-state index in [9.17, 15) is 4.79 Å². The largest absolute Gasteiger partial charge is 0.497 e. The normalized spacial score (nSPS) is 9.38. The smallest absolute Gasteiger partial charge is 0.357 e. The SMILES string of the molecule is CCOC(=O)c1cc(OC)ccn1. The number of carbonyl (C=O) groups excluding carboxylic acids is 1. The Labute approximate surface area is 76.5 Å². The minimum absolute atomic E-state index is 0.265. The predicted octanol–water partition coefficient (Wildman–Crippen LogP) is 1.27. The number of methoxy groups -OCH3 is 1. The summed E-state index contributed by atoms with van der Waals surface area (Å²) in [5.41, 5.74) is 0.265. The van der Waals surface area contributed by atoms with Crippen molar-refractivity contribution >= 4 is 5.97 Å². The van der Waals surface area contributed by atoms with Gasteiger partial charge in [-0.1, -0.05) is 0 Å². The molecule has 0 saturated heterocycles. The quantitative estimate of drug-likeness (QED) is 0.659. The van der Waals surface area contributed by atoms with E-state index in [1.165, 1.54) is 19.4 Å². The molecule has 70 valence electrons. The standard InChI is InChI=1S/C9H11NO3/c1-3-13-9(11)8-6-7(12-2)4-5-10-8/h4-6H,3H2,1-2H3. The first-order valence-corrected chi connectivity index (χ1v) is 3.95. The van der Waals surface area contributed by atoms with Crippen molar-refractivity contribution in [3.05, 3.63) is 24.0 Å². The predicted molar refractivity (Wildman–Crippen MR) is 46.7 cm³/mol. The van der Waals surface area contributed by atoms with Crippen LogP contribution in [0.4, 0.5) is 0 Å².